The van der Waals surface area contributed by atoms with E-state index in [1.54, 1.807) is 40.8 Å². The molecule has 5 rings (SSSR count). The Labute approximate surface area is 200 Å². The number of alkyl halides is 3. The van der Waals surface area contributed by atoms with E-state index in [0.717, 1.165) is 23.9 Å². The van der Waals surface area contributed by atoms with E-state index in [4.69, 9.17) is 0 Å². The Morgan fingerprint density at radius 1 is 0.914 bits per heavy atom. The van der Waals surface area contributed by atoms with Crippen molar-refractivity contribution in [3.8, 4) is 5.69 Å². The highest BCUT2D eigenvalue weighted by Gasteiger charge is 2.30. The third-order valence-corrected chi connectivity index (χ3v) is 6.17. The van der Waals surface area contributed by atoms with Crippen LogP contribution < -0.4 is 10.9 Å². The maximum absolute atomic E-state index is 13.2. The normalized spacial score (nSPS) is 11.7. The number of nitrogens with zero attached hydrogens (tertiary/aromatic N) is 4. The summed E-state index contributed by atoms with van der Waals surface area (Å²) in [7, 11) is 0. The van der Waals surface area contributed by atoms with E-state index in [2.05, 4.69) is 15.5 Å². The van der Waals surface area contributed by atoms with E-state index in [0.29, 0.717) is 27.5 Å². The van der Waals surface area contributed by atoms with E-state index in [9.17, 15) is 22.8 Å². The van der Waals surface area contributed by atoms with Crippen LogP contribution in [0, 0.1) is 0 Å². The number of carbonyl (C=O) groups excluding carboxylic acids is 1. The SMILES string of the molecule is O=C(CSc1nnc2n(-c3ccccc3)c(=O)c3ccccc3n12)Nc1ccc(C(F)(F)F)cc1. The van der Waals surface area contributed by atoms with Gasteiger partial charge in [0, 0.05) is 5.69 Å². The largest absolute Gasteiger partial charge is 0.416 e. The Morgan fingerprint density at radius 3 is 2.31 bits per heavy atom. The van der Waals surface area contributed by atoms with Crippen LogP contribution >= 0.6 is 11.8 Å². The van der Waals surface area contributed by atoms with Gasteiger partial charge < -0.3 is 5.32 Å². The molecular formula is C24H16F3N5O2S. The third-order valence-electron chi connectivity index (χ3n) is 5.24. The van der Waals surface area contributed by atoms with Gasteiger partial charge in [-0.3, -0.25) is 14.0 Å². The fourth-order valence-corrected chi connectivity index (χ4v) is 4.39. The van der Waals surface area contributed by atoms with Crippen molar-refractivity contribution >= 4 is 40.0 Å². The molecule has 3 aromatic carbocycles. The number of carbonyl (C=O) groups is 1. The Kier molecular flexibility index (Phi) is 5.77. The molecule has 0 bridgehead atoms. The summed E-state index contributed by atoms with van der Waals surface area (Å²) in [6, 6.07) is 20.3. The first-order chi connectivity index (χ1) is 16.8. The zero-order valence-corrected chi connectivity index (χ0v) is 18.7. The second-order valence-electron chi connectivity index (χ2n) is 7.52. The molecule has 0 atom stereocenters. The first-order valence-electron chi connectivity index (χ1n) is 10.4. The summed E-state index contributed by atoms with van der Waals surface area (Å²) in [4.78, 5) is 25.7. The number of fused-ring (bicyclic) bond motifs is 3. The zero-order valence-electron chi connectivity index (χ0n) is 17.9. The van der Waals surface area contributed by atoms with E-state index in [1.807, 2.05) is 18.2 Å². The average Bonchev–Trinajstić information content (AvgIpc) is 3.27. The second kappa shape index (κ2) is 8.91. The Balaban J connectivity index is 1.45. The fraction of sp³-hybridized carbons (Fsp3) is 0.0833. The van der Waals surface area contributed by atoms with Crippen molar-refractivity contribution in [3.05, 3.63) is 94.8 Å². The molecule has 0 spiro atoms. The lowest BCUT2D eigenvalue weighted by Crippen LogP contribution is -2.21. The van der Waals surface area contributed by atoms with Gasteiger partial charge in [-0.1, -0.05) is 42.1 Å². The van der Waals surface area contributed by atoms with Crippen LogP contribution in [0.15, 0.2) is 88.8 Å². The number of nitrogens with one attached hydrogen (secondary N) is 1. The first-order valence-corrected chi connectivity index (χ1v) is 11.4. The predicted molar refractivity (Wildman–Crippen MR) is 127 cm³/mol. The molecular weight excluding hydrogens is 479 g/mol. The topological polar surface area (TPSA) is 81.3 Å². The molecule has 176 valence electrons. The van der Waals surface area contributed by atoms with E-state index >= 15 is 0 Å². The highest BCUT2D eigenvalue weighted by molar-refractivity contribution is 7.99. The maximum atomic E-state index is 13.2. The van der Waals surface area contributed by atoms with Crippen molar-refractivity contribution in [1.29, 1.82) is 0 Å². The summed E-state index contributed by atoms with van der Waals surface area (Å²) < 4.78 is 41.4. The molecule has 0 radical (unpaired) electrons. The molecule has 0 saturated heterocycles. The highest BCUT2D eigenvalue weighted by Crippen LogP contribution is 2.30. The molecule has 35 heavy (non-hydrogen) atoms. The Bertz CT molecular complexity index is 1600. The molecule has 1 amide bonds. The molecule has 11 heteroatoms. The molecule has 0 aliphatic heterocycles. The third kappa shape index (κ3) is 4.37. The summed E-state index contributed by atoms with van der Waals surface area (Å²) in [6.45, 7) is 0. The van der Waals surface area contributed by atoms with Gasteiger partial charge in [-0.25, -0.2) is 4.57 Å². The van der Waals surface area contributed by atoms with Gasteiger partial charge in [0.25, 0.3) is 5.56 Å². The van der Waals surface area contributed by atoms with Gasteiger partial charge in [0.2, 0.25) is 11.7 Å². The minimum absolute atomic E-state index is 0.0688. The van der Waals surface area contributed by atoms with Gasteiger partial charge in [-0.05, 0) is 48.5 Å². The molecule has 2 aromatic heterocycles. The summed E-state index contributed by atoms with van der Waals surface area (Å²) in [6.07, 6.45) is -4.45. The summed E-state index contributed by atoms with van der Waals surface area (Å²) in [5.41, 5.74) is 0.421. The van der Waals surface area contributed by atoms with E-state index in [1.165, 1.54) is 16.7 Å². The van der Waals surface area contributed by atoms with Gasteiger partial charge >= 0.3 is 6.18 Å². The molecule has 0 aliphatic rings. The lowest BCUT2D eigenvalue weighted by molar-refractivity contribution is -0.137. The van der Waals surface area contributed by atoms with Gasteiger partial charge in [-0.2, -0.15) is 13.2 Å². The number of hydrogen-bond acceptors (Lipinski definition) is 5. The molecule has 0 unspecified atom stereocenters. The number of halogens is 3. The summed E-state index contributed by atoms with van der Waals surface area (Å²) >= 11 is 1.10. The lowest BCUT2D eigenvalue weighted by atomic mass is 10.2. The van der Waals surface area contributed by atoms with E-state index < -0.39 is 17.6 Å². The summed E-state index contributed by atoms with van der Waals surface area (Å²) in [5.74, 6) is -0.196. The zero-order chi connectivity index (χ0) is 24.6. The standard InChI is InChI=1S/C24H16F3N5O2S/c25-24(26,27)15-10-12-16(13-11-15)28-20(33)14-35-23-30-29-22-31(17-6-2-1-3-7-17)21(34)18-8-4-5-9-19(18)32(22)23/h1-13H,14H2,(H,28,33). The molecule has 0 fully saturated rings. The number of hydrogen-bond donors (Lipinski definition) is 1. The maximum Gasteiger partial charge on any atom is 0.416 e. The number of benzene rings is 3. The number of aromatic nitrogens is 4. The van der Waals surface area contributed by atoms with Crippen LogP contribution in [-0.2, 0) is 11.0 Å². The number of rotatable bonds is 5. The van der Waals surface area contributed by atoms with Crippen LogP contribution in [0.1, 0.15) is 5.56 Å². The van der Waals surface area contributed by atoms with Gasteiger partial charge in [0.1, 0.15) is 0 Å². The summed E-state index contributed by atoms with van der Waals surface area (Å²) in [5, 5.41) is 11.8. The van der Waals surface area contributed by atoms with Gasteiger partial charge in [0.15, 0.2) is 5.16 Å². The molecule has 1 N–H and O–H groups in total. The van der Waals surface area contributed by atoms with Crippen molar-refractivity contribution in [1.82, 2.24) is 19.2 Å². The fourth-order valence-electron chi connectivity index (χ4n) is 3.65. The van der Waals surface area contributed by atoms with Crippen LogP contribution in [0.4, 0.5) is 18.9 Å². The van der Waals surface area contributed by atoms with Crippen LogP contribution in [0.2, 0.25) is 0 Å². The number of anilines is 1. The smallest absolute Gasteiger partial charge is 0.325 e. The highest BCUT2D eigenvalue weighted by atomic mass is 32.2. The lowest BCUT2D eigenvalue weighted by Gasteiger charge is -2.11. The van der Waals surface area contributed by atoms with Crippen molar-refractivity contribution in [2.45, 2.75) is 11.3 Å². The quantitative estimate of drug-likeness (QED) is 0.355. The van der Waals surface area contributed by atoms with Crippen LogP contribution in [-0.4, -0.2) is 30.8 Å². The molecule has 7 nitrogen and oxygen atoms in total. The molecule has 0 aliphatic carbocycles. The van der Waals surface area contributed by atoms with Crippen molar-refractivity contribution in [2.24, 2.45) is 0 Å². The Hall–Kier alpha value is -4.12. The molecule has 5 aromatic rings. The van der Waals surface area contributed by atoms with Crippen molar-refractivity contribution in [3.63, 3.8) is 0 Å². The van der Waals surface area contributed by atoms with Gasteiger partial charge in [-0.15, -0.1) is 10.2 Å². The van der Waals surface area contributed by atoms with E-state index in [-0.39, 0.29) is 17.0 Å². The predicted octanol–water partition coefficient (Wildman–Crippen LogP) is 4.78. The molecule has 2 heterocycles. The van der Waals surface area contributed by atoms with Gasteiger partial charge in [0.05, 0.1) is 27.9 Å². The second-order valence-corrected chi connectivity index (χ2v) is 8.47. The average molecular weight is 495 g/mol. The Morgan fingerprint density at radius 2 is 1.60 bits per heavy atom. The minimum Gasteiger partial charge on any atom is -0.325 e. The van der Waals surface area contributed by atoms with Crippen LogP contribution in [0.3, 0.4) is 0 Å². The van der Waals surface area contributed by atoms with Crippen LogP contribution in [0.5, 0.6) is 0 Å². The first kappa shape index (κ1) is 22.7. The number of amides is 1. The molecule has 0 saturated carbocycles. The number of para-hydroxylation sites is 2. The number of thioether (sulfide) groups is 1. The van der Waals surface area contributed by atoms with Crippen LogP contribution in [0.25, 0.3) is 22.4 Å². The van der Waals surface area contributed by atoms with Crippen molar-refractivity contribution < 1.29 is 18.0 Å². The van der Waals surface area contributed by atoms with Crippen molar-refractivity contribution in [2.75, 3.05) is 11.1 Å². The minimum atomic E-state index is -4.45. The monoisotopic (exact) mass is 495 g/mol.